The van der Waals surface area contributed by atoms with Crippen LogP contribution in [0.3, 0.4) is 0 Å². The maximum Gasteiger partial charge on any atom is 0.308 e. The lowest BCUT2D eigenvalue weighted by Gasteiger charge is -2.08. The summed E-state index contributed by atoms with van der Waals surface area (Å²) in [5.74, 6) is -0.396. The monoisotopic (exact) mass is 522 g/mol. The maximum atomic E-state index is 11.6. The van der Waals surface area contributed by atoms with Crippen LogP contribution in [0.4, 0.5) is 0 Å². The van der Waals surface area contributed by atoms with Crippen LogP contribution in [0.15, 0.2) is 0 Å². The second-order valence-corrected chi connectivity index (χ2v) is 7.97. The highest BCUT2D eigenvalue weighted by atomic mass is 16.6. The number of hydrogen-bond acceptors (Lipinski definition) is 10. The molecule has 0 aliphatic carbocycles. The van der Waals surface area contributed by atoms with Crippen molar-refractivity contribution in [1.82, 2.24) is 0 Å². The van der Waals surface area contributed by atoms with Crippen LogP contribution in [0.25, 0.3) is 0 Å². The molecule has 0 spiro atoms. The van der Waals surface area contributed by atoms with Crippen molar-refractivity contribution in [2.75, 3.05) is 92.5 Å². The first-order chi connectivity index (χ1) is 17.7. The van der Waals surface area contributed by atoms with E-state index >= 15 is 0 Å². The van der Waals surface area contributed by atoms with Gasteiger partial charge in [-0.05, 0) is 13.3 Å². The SMILES string of the molecule is CCCCCCCCC(=O)OCCOCCOCCOCCOCCOCCOCCC(=O)OCC. The topological polar surface area (TPSA) is 108 Å². The van der Waals surface area contributed by atoms with Gasteiger partial charge in [-0.2, -0.15) is 0 Å². The van der Waals surface area contributed by atoms with Gasteiger partial charge in [0.25, 0.3) is 0 Å². The van der Waals surface area contributed by atoms with Gasteiger partial charge in [0.05, 0.1) is 92.3 Å². The molecule has 0 aromatic rings. The summed E-state index contributed by atoms with van der Waals surface area (Å²) in [4.78, 5) is 22.7. The van der Waals surface area contributed by atoms with Gasteiger partial charge in [-0.1, -0.05) is 39.0 Å². The molecule has 0 aliphatic heterocycles. The van der Waals surface area contributed by atoms with E-state index in [-0.39, 0.29) is 25.0 Å². The smallest absolute Gasteiger partial charge is 0.308 e. The molecular weight excluding hydrogens is 472 g/mol. The second kappa shape index (κ2) is 29.9. The summed E-state index contributed by atoms with van der Waals surface area (Å²) in [7, 11) is 0. The lowest BCUT2D eigenvalue weighted by atomic mass is 10.1. The van der Waals surface area contributed by atoms with Crippen molar-refractivity contribution >= 4 is 11.9 Å². The molecule has 0 fully saturated rings. The quantitative estimate of drug-likeness (QED) is 0.107. The average Bonchev–Trinajstić information content (AvgIpc) is 2.87. The molecule has 0 atom stereocenters. The summed E-state index contributed by atoms with van der Waals surface area (Å²) < 4.78 is 42.3. The largest absolute Gasteiger partial charge is 0.466 e. The van der Waals surface area contributed by atoms with Crippen molar-refractivity contribution in [1.29, 1.82) is 0 Å². The lowest BCUT2D eigenvalue weighted by molar-refractivity contribution is -0.146. The molecule has 0 N–H and O–H groups in total. The van der Waals surface area contributed by atoms with Gasteiger partial charge < -0.3 is 37.9 Å². The zero-order valence-corrected chi connectivity index (χ0v) is 22.6. The van der Waals surface area contributed by atoms with E-state index in [1.54, 1.807) is 6.92 Å². The Morgan fingerprint density at radius 3 is 1.28 bits per heavy atom. The highest BCUT2D eigenvalue weighted by Gasteiger charge is 2.03. The molecule has 0 rings (SSSR count). The molecule has 214 valence electrons. The molecule has 0 bridgehead atoms. The number of carbonyl (C=O) groups excluding carboxylic acids is 2. The number of unbranched alkanes of at least 4 members (excludes halogenated alkanes) is 5. The maximum absolute atomic E-state index is 11.6. The predicted molar refractivity (Wildman–Crippen MR) is 135 cm³/mol. The van der Waals surface area contributed by atoms with Gasteiger partial charge in [-0.3, -0.25) is 9.59 Å². The van der Waals surface area contributed by atoms with Gasteiger partial charge in [0.1, 0.15) is 6.61 Å². The Labute approximate surface area is 217 Å². The Morgan fingerprint density at radius 1 is 0.417 bits per heavy atom. The van der Waals surface area contributed by atoms with Gasteiger partial charge in [-0.15, -0.1) is 0 Å². The predicted octanol–water partition coefficient (Wildman–Crippen LogP) is 3.33. The molecule has 0 radical (unpaired) electrons. The Kier molecular flexibility index (Phi) is 28.8. The van der Waals surface area contributed by atoms with E-state index in [9.17, 15) is 9.59 Å². The van der Waals surface area contributed by atoms with E-state index in [0.717, 1.165) is 12.8 Å². The fourth-order valence-corrected chi connectivity index (χ4v) is 2.93. The first-order valence-corrected chi connectivity index (χ1v) is 13.5. The normalized spacial score (nSPS) is 11.1. The number of hydrogen-bond donors (Lipinski definition) is 0. The van der Waals surface area contributed by atoms with Crippen molar-refractivity contribution in [3.05, 3.63) is 0 Å². The molecule has 0 aromatic carbocycles. The summed E-state index contributed by atoms with van der Waals surface area (Å²) in [5, 5.41) is 0. The summed E-state index contributed by atoms with van der Waals surface area (Å²) in [6, 6.07) is 0. The number of carbonyl (C=O) groups is 2. The van der Waals surface area contributed by atoms with Crippen molar-refractivity contribution in [3.8, 4) is 0 Å². The number of ether oxygens (including phenoxy) is 8. The van der Waals surface area contributed by atoms with Gasteiger partial charge in [-0.25, -0.2) is 0 Å². The molecule has 10 heteroatoms. The third-order valence-corrected chi connectivity index (χ3v) is 4.84. The number of rotatable bonds is 29. The van der Waals surface area contributed by atoms with Crippen LogP contribution in [-0.2, 0) is 47.5 Å². The van der Waals surface area contributed by atoms with Crippen LogP contribution >= 0.6 is 0 Å². The molecule has 0 saturated heterocycles. The van der Waals surface area contributed by atoms with Gasteiger partial charge in [0, 0.05) is 6.42 Å². The second-order valence-electron chi connectivity index (χ2n) is 7.97. The van der Waals surface area contributed by atoms with Crippen molar-refractivity contribution < 1.29 is 47.5 Å². The minimum atomic E-state index is -0.250. The van der Waals surface area contributed by atoms with E-state index in [0.29, 0.717) is 92.3 Å². The summed E-state index contributed by atoms with van der Waals surface area (Å²) in [6.07, 6.45) is 7.68. The van der Waals surface area contributed by atoms with Crippen molar-refractivity contribution in [2.24, 2.45) is 0 Å². The third-order valence-electron chi connectivity index (χ3n) is 4.84. The van der Waals surface area contributed by atoms with E-state index < -0.39 is 0 Å². The van der Waals surface area contributed by atoms with Crippen LogP contribution in [0.1, 0.15) is 65.2 Å². The minimum absolute atomic E-state index is 0.145. The van der Waals surface area contributed by atoms with Crippen molar-refractivity contribution in [3.63, 3.8) is 0 Å². The fraction of sp³-hybridized carbons (Fsp3) is 0.923. The molecule has 0 aromatic heterocycles. The molecular formula is C26H50O10. The number of esters is 2. The summed E-state index contributed by atoms with van der Waals surface area (Å²) >= 11 is 0. The molecule has 0 heterocycles. The van der Waals surface area contributed by atoms with E-state index in [2.05, 4.69) is 6.92 Å². The Morgan fingerprint density at radius 2 is 0.806 bits per heavy atom. The standard InChI is InChI=1S/C26H50O10/c1-3-5-6-7-8-9-10-25(27)36-24-23-34-22-21-33-20-19-32-18-17-31-16-15-30-14-13-29-12-11-26(28)35-4-2/h3-24H2,1-2H3. The third kappa shape index (κ3) is 28.9. The Bertz CT molecular complexity index is 476. The molecule has 0 amide bonds. The van der Waals surface area contributed by atoms with E-state index in [1.165, 1.54) is 25.7 Å². The van der Waals surface area contributed by atoms with Gasteiger partial charge in [0.15, 0.2) is 0 Å². The van der Waals surface area contributed by atoms with E-state index in [4.69, 9.17) is 37.9 Å². The average molecular weight is 523 g/mol. The van der Waals surface area contributed by atoms with Gasteiger partial charge >= 0.3 is 11.9 Å². The first kappa shape index (κ1) is 34.7. The van der Waals surface area contributed by atoms with Gasteiger partial charge in [0.2, 0.25) is 0 Å². The minimum Gasteiger partial charge on any atom is -0.466 e. The van der Waals surface area contributed by atoms with Crippen LogP contribution in [0.2, 0.25) is 0 Å². The Hall–Kier alpha value is -1.30. The van der Waals surface area contributed by atoms with E-state index in [1.807, 2.05) is 0 Å². The van der Waals surface area contributed by atoms with Crippen LogP contribution < -0.4 is 0 Å². The molecule has 0 saturated carbocycles. The zero-order valence-electron chi connectivity index (χ0n) is 22.6. The summed E-state index contributed by atoms with van der Waals surface area (Å²) in [6.45, 7) is 10.1. The van der Waals surface area contributed by atoms with Crippen LogP contribution in [0.5, 0.6) is 0 Å². The zero-order chi connectivity index (χ0) is 26.4. The van der Waals surface area contributed by atoms with Crippen molar-refractivity contribution in [2.45, 2.75) is 65.2 Å². The highest BCUT2D eigenvalue weighted by molar-refractivity contribution is 5.69. The highest BCUT2D eigenvalue weighted by Crippen LogP contribution is 2.07. The Balaban J connectivity index is 3.13. The first-order valence-electron chi connectivity index (χ1n) is 13.5. The van der Waals surface area contributed by atoms with Crippen LogP contribution in [0, 0.1) is 0 Å². The summed E-state index contributed by atoms with van der Waals surface area (Å²) in [5.41, 5.74) is 0. The molecule has 0 aliphatic rings. The molecule has 36 heavy (non-hydrogen) atoms. The molecule has 0 unspecified atom stereocenters. The molecule has 10 nitrogen and oxygen atoms in total. The van der Waals surface area contributed by atoms with Crippen LogP contribution in [-0.4, -0.2) is 104 Å². The lowest BCUT2D eigenvalue weighted by Crippen LogP contribution is -2.15. The fourth-order valence-electron chi connectivity index (χ4n) is 2.93.